The first-order chi connectivity index (χ1) is 17.5. The van der Waals surface area contributed by atoms with E-state index in [1.807, 2.05) is 7.05 Å². The molecule has 3 N–H and O–H groups in total. The number of benzene rings is 2. The van der Waals surface area contributed by atoms with Crippen molar-refractivity contribution in [3.8, 4) is 0 Å². The highest BCUT2D eigenvalue weighted by molar-refractivity contribution is 6.06. The second kappa shape index (κ2) is 10.6. The first-order valence-corrected chi connectivity index (χ1v) is 11.8. The number of hydrogen-bond donors (Lipinski definition) is 3. The van der Waals surface area contributed by atoms with Crippen LogP contribution in [-0.2, 0) is 6.18 Å². The number of aromatic nitrogens is 1. The minimum atomic E-state index is -4.61. The Bertz CT molecular complexity index is 1300. The van der Waals surface area contributed by atoms with Crippen LogP contribution in [0.3, 0.4) is 0 Å². The van der Waals surface area contributed by atoms with Crippen LogP contribution in [0.1, 0.15) is 50.6 Å². The lowest BCUT2D eigenvalue weighted by molar-refractivity contribution is -0.137. The van der Waals surface area contributed by atoms with Crippen LogP contribution >= 0.6 is 0 Å². The standard InChI is InChI=1S/C26H28F3N5O3/c1-15-6-7-19(13-22(15)32-25(36)23-9-16(2)37-33-23)31-24(35)17-10-18(26(27,28)29)12-21(11-17)30-20-5-4-8-34(3)14-20/h6-7,9-13,20,30H,4-5,8,14H2,1-3H3,(H,31,35)(H,32,36)/t20-/m1/s1. The van der Waals surface area contributed by atoms with Crippen molar-refractivity contribution in [1.82, 2.24) is 10.1 Å². The Labute approximate surface area is 212 Å². The van der Waals surface area contributed by atoms with E-state index in [-0.39, 0.29) is 23.0 Å². The zero-order chi connectivity index (χ0) is 26.7. The van der Waals surface area contributed by atoms with Gasteiger partial charge in [-0.2, -0.15) is 13.2 Å². The van der Waals surface area contributed by atoms with Gasteiger partial charge in [0.25, 0.3) is 11.8 Å². The second-order valence-corrected chi connectivity index (χ2v) is 9.30. The van der Waals surface area contributed by atoms with Gasteiger partial charge < -0.3 is 25.4 Å². The largest absolute Gasteiger partial charge is 0.416 e. The maximum atomic E-state index is 13.6. The third-order valence-corrected chi connectivity index (χ3v) is 6.12. The summed E-state index contributed by atoms with van der Waals surface area (Å²) in [6.45, 7) is 5.06. The maximum absolute atomic E-state index is 13.6. The molecule has 0 saturated carbocycles. The molecular formula is C26H28F3N5O3. The molecule has 0 unspecified atom stereocenters. The number of anilines is 3. The number of amides is 2. The fraction of sp³-hybridized carbons (Fsp3) is 0.346. The van der Waals surface area contributed by atoms with Gasteiger partial charge in [-0.25, -0.2) is 0 Å². The van der Waals surface area contributed by atoms with E-state index in [1.54, 1.807) is 26.0 Å². The van der Waals surface area contributed by atoms with Crippen LogP contribution in [0.15, 0.2) is 47.0 Å². The predicted molar refractivity (Wildman–Crippen MR) is 134 cm³/mol. The summed E-state index contributed by atoms with van der Waals surface area (Å²) in [7, 11) is 1.96. The molecule has 0 aliphatic carbocycles. The molecule has 2 heterocycles. The van der Waals surface area contributed by atoms with E-state index in [4.69, 9.17) is 4.52 Å². The van der Waals surface area contributed by atoms with Crippen LogP contribution in [0.2, 0.25) is 0 Å². The topological polar surface area (TPSA) is 99.5 Å². The Morgan fingerprint density at radius 1 is 1.03 bits per heavy atom. The summed E-state index contributed by atoms with van der Waals surface area (Å²) in [6.07, 6.45) is -2.85. The predicted octanol–water partition coefficient (Wildman–Crippen LogP) is 5.32. The van der Waals surface area contributed by atoms with Gasteiger partial charge in [0.15, 0.2) is 5.69 Å². The van der Waals surface area contributed by atoms with E-state index in [1.165, 1.54) is 18.2 Å². The molecule has 1 fully saturated rings. The highest BCUT2D eigenvalue weighted by Crippen LogP contribution is 2.33. The molecule has 37 heavy (non-hydrogen) atoms. The van der Waals surface area contributed by atoms with Gasteiger partial charge in [0.2, 0.25) is 0 Å². The van der Waals surface area contributed by atoms with E-state index < -0.39 is 23.6 Å². The average Bonchev–Trinajstić information content (AvgIpc) is 3.27. The molecule has 196 valence electrons. The third kappa shape index (κ3) is 6.67. The third-order valence-electron chi connectivity index (χ3n) is 6.12. The molecule has 2 aromatic carbocycles. The van der Waals surface area contributed by atoms with Gasteiger partial charge in [0, 0.05) is 41.3 Å². The van der Waals surface area contributed by atoms with E-state index in [2.05, 4.69) is 26.0 Å². The van der Waals surface area contributed by atoms with Crippen LogP contribution in [0.4, 0.5) is 30.2 Å². The number of piperidine rings is 1. The van der Waals surface area contributed by atoms with Crippen LogP contribution < -0.4 is 16.0 Å². The first kappa shape index (κ1) is 26.2. The summed E-state index contributed by atoms with van der Waals surface area (Å²) in [5, 5.41) is 12.2. The number of likely N-dealkylation sites (N-methyl/N-ethyl adjacent to an activating group) is 1. The van der Waals surface area contributed by atoms with Crippen LogP contribution in [0.25, 0.3) is 0 Å². The lowest BCUT2D eigenvalue weighted by Gasteiger charge is -2.31. The number of carbonyl (C=O) groups excluding carboxylic acids is 2. The van der Waals surface area contributed by atoms with Crippen LogP contribution in [-0.4, -0.2) is 48.0 Å². The SMILES string of the molecule is Cc1cc(C(=O)Nc2cc(NC(=O)c3cc(N[C@@H]4CCCN(C)C4)cc(C(F)(F)F)c3)ccc2C)no1. The van der Waals surface area contributed by atoms with Crippen molar-refractivity contribution in [2.75, 3.05) is 36.1 Å². The Hall–Kier alpha value is -3.86. The molecule has 8 nitrogen and oxygen atoms in total. The molecule has 1 aliphatic rings. The number of hydrogen-bond acceptors (Lipinski definition) is 6. The zero-order valence-electron chi connectivity index (χ0n) is 20.7. The van der Waals surface area contributed by atoms with Crippen molar-refractivity contribution >= 4 is 28.9 Å². The van der Waals surface area contributed by atoms with Crippen molar-refractivity contribution in [2.24, 2.45) is 0 Å². The quantitative estimate of drug-likeness (QED) is 0.411. The van der Waals surface area contributed by atoms with Gasteiger partial charge in [-0.05, 0) is 76.2 Å². The Morgan fingerprint density at radius 3 is 2.49 bits per heavy atom. The fourth-order valence-electron chi connectivity index (χ4n) is 4.22. The molecule has 1 atom stereocenters. The van der Waals surface area contributed by atoms with Crippen LogP contribution in [0.5, 0.6) is 0 Å². The zero-order valence-corrected chi connectivity index (χ0v) is 20.7. The van der Waals surface area contributed by atoms with E-state index in [9.17, 15) is 22.8 Å². The molecule has 0 spiro atoms. The lowest BCUT2D eigenvalue weighted by Crippen LogP contribution is -2.39. The number of nitrogens with zero attached hydrogens (tertiary/aromatic N) is 2. The number of nitrogens with one attached hydrogen (secondary N) is 3. The highest BCUT2D eigenvalue weighted by atomic mass is 19.4. The van der Waals surface area contributed by atoms with Crippen molar-refractivity contribution in [1.29, 1.82) is 0 Å². The van der Waals surface area contributed by atoms with Gasteiger partial charge in [0.1, 0.15) is 5.76 Å². The lowest BCUT2D eigenvalue weighted by atomic mass is 10.0. The van der Waals surface area contributed by atoms with Crippen molar-refractivity contribution < 1.29 is 27.3 Å². The molecule has 4 rings (SSSR count). The van der Waals surface area contributed by atoms with E-state index >= 15 is 0 Å². The maximum Gasteiger partial charge on any atom is 0.416 e. The Kier molecular flexibility index (Phi) is 7.53. The highest BCUT2D eigenvalue weighted by Gasteiger charge is 2.32. The summed E-state index contributed by atoms with van der Waals surface area (Å²) < 4.78 is 45.8. The number of alkyl halides is 3. The molecular weight excluding hydrogens is 487 g/mol. The summed E-state index contributed by atoms with van der Waals surface area (Å²) >= 11 is 0. The minimum absolute atomic E-state index is 0.0186. The van der Waals surface area contributed by atoms with Crippen molar-refractivity contribution in [2.45, 2.75) is 38.9 Å². The first-order valence-electron chi connectivity index (χ1n) is 11.8. The fourth-order valence-corrected chi connectivity index (χ4v) is 4.22. The Balaban J connectivity index is 1.54. The smallest absolute Gasteiger partial charge is 0.381 e. The summed E-state index contributed by atoms with van der Waals surface area (Å²) in [5.74, 6) is -0.720. The number of carbonyl (C=O) groups is 2. The molecule has 0 radical (unpaired) electrons. The Morgan fingerprint density at radius 2 is 1.81 bits per heavy atom. The van der Waals surface area contributed by atoms with Gasteiger partial charge in [-0.1, -0.05) is 11.2 Å². The average molecular weight is 516 g/mol. The van der Waals surface area contributed by atoms with Crippen molar-refractivity contribution in [3.63, 3.8) is 0 Å². The van der Waals surface area contributed by atoms with Gasteiger partial charge in [-0.3, -0.25) is 9.59 Å². The summed E-state index contributed by atoms with van der Waals surface area (Å²) in [6, 6.07) is 9.56. The summed E-state index contributed by atoms with van der Waals surface area (Å²) in [5.41, 5.74) is 0.728. The van der Waals surface area contributed by atoms with E-state index in [0.717, 1.165) is 37.1 Å². The van der Waals surface area contributed by atoms with Crippen molar-refractivity contribution in [3.05, 3.63) is 70.6 Å². The molecule has 1 aliphatic heterocycles. The molecule has 2 amide bonds. The number of likely N-dealkylation sites (tertiary alicyclic amines) is 1. The molecule has 0 bridgehead atoms. The van der Waals surface area contributed by atoms with E-state index in [0.29, 0.717) is 23.7 Å². The normalized spacial score (nSPS) is 16.3. The molecule has 11 heteroatoms. The van der Waals surface area contributed by atoms with Gasteiger partial charge >= 0.3 is 6.18 Å². The molecule has 1 saturated heterocycles. The number of aryl methyl sites for hydroxylation is 2. The van der Waals surface area contributed by atoms with Gasteiger partial charge in [-0.15, -0.1) is 0 Å². The number of rotatable bonds is 6. The monoisotopic (exact) mass is 515 g/mol. The molecule has 1 aromatic heterocycles. The second-order valence-electron chi connectivity index (χ2n) is 9.30. The number of halogens is 3. The van der Waals surface area contributed by atoms with Crippen LogP contribution in [0, 0.1) is 13.8 Å². The summed E-state index contributed by atoms with van der Waals surface area (Å²) in [4.78, 5) is 27.6. The van der Waals surface area contributed by atoms with Gasteiger partial charge in [0.05, 0.1) is 5.56 Å². The molecule has 3 aromatic rings. The minimum Gasteiger partial charge on any atom is -0.381 e.